The van der Waals surface area contributed by atoms with E-state index in [4.69, 9.17) is 4.74 Å². The summed E-state index contributed by atoms with van der Waals surface area (Å²) < 4.78 is 5.62. The summed E-state index contributed by atoms with van der Waals surface area (Å²) in [7, 11) is 0. The van der Waals surface area contributed by atoms with Gasteiger partial charge in [0.1, 0.15) is 0 Å². The van der Waals surface area contributed by atoms with Crippen LogP contribution in [0.25, 0.3) is 0 Å². The van der Waals surface area contributed by atoms with Gasteiger partial charge in [-0.25, -0.2) is 0 Å². The quantitative estimate of drug-likeness (QED) is 0.660. The SMILES string of the molecule is O=C1CCNC12OCc1ccccc12. The van der Waals surface area contributed by atoms with Crippen LogP contribution < -0.4 is 5.32 Å². The van der Waals surface area contributed by atoms with Crippen molar-refractivity contribution in [2.24, 2.45) is 0 Å². The zero-order valence-electron chi connectivity index (χ0n) is 7.75. The number of carbonyl (C=O) groups excluding carboxylic acids is 1. The summed E-state index contributed by atoms with van der Waals surface area (Å²) in [6.45, 7) is 1.25. The fraction of sp³-hybridized carbons (Fsp3) is 0.364. The molecule has 1 aromatic carbocycles. The molecule has 0 aromatic heterocycles. The van der Waals surface area contributed by atoms with E-state index in [-0.39, 0.29) is 5.78 Å². The monoisotopic (exact) mass is 189 g/mol. The molecule has 1 unspecified atom stereocenters. The lowest BCUT2D eigenvalue weighted by Crippen LogP contribution is -2.41. The van der Waals surface area contributed by atoms with E-state index in [1.165, 1.54) is 0 Å². The maximum Gasteiger partial charge on any atom is 0.205 e. The number of hydrogen-bond acceptors (Lipinski definition) is 3. The van der Waals surface area contributed by atoms with Crippen molar-refractivity contribution < 1.29 is 9.53 Å². The highest BCUT2D eigenvalue weighted by molar-refractivity contribution is 5.91. The fourth-order valence-electron chi connectivity index (χ4n) is 2.26. The van der Waals surface area contributed by atoms with E-state index >= 15 is 0 Å². The number of hydrogen-bond donors (Lipinski definition) is 1. The first-order valence-corrected chi connectivity index (χ1v) is 4.83. The lowest BCUT2D eigenvalue weighted by molar-refractivity contribution is -0.142. The van der Waals surface area contributed by atoms with E-state index in [0.717, 1.165) is 11.1 Å². The lowest BCUT2D eigenvalue weighted by Gasteiger charge is -2.22. The van der Waals surface area contributed by atoms with Crippen LogP contribution in [0.2, 0.25) is 0 Å². The first-order valence-electron chi connectivity index (χ1n) is 4.83. The predicted molar refractivity (Wildman–Crippen MR) is 50.5 cm³/mol. The van der Waals surface area contributed by atoms with Crippen LogP contribution in [0.3, 0.4) is 0 Å². The average molecular weight is 189 g/mol. The van der Waals surface area contributed by atoms with Crippen LogP contribution >= 0.6 is 0 Å². The van der Waals surface area contributed by atoms with Gasteiger partial charge in [0, 0.05) is 18.5 Å². The highest BCUT2D eigenvalue weighted by atomic mass is 16.5. The third-order valence-corrected chi connectivity index (χ3v) is 2.96. The number of carbonyl (C=O) groups is 1. The molecule has 1 N–H and O–H groups in total. The predicted octanol–water partition coefficient (Wildman–Crippen LogP) is 0.932. The molecule has 0 radical (unpaired) electrons. The van der Waals surface area contributed by atoms with Crippen LogP contribution in [0.5, 0.6) is 0 Å². The second-order valence-electron chi connectivity index (χ2n) is 3.73. The van der Waals surface area contributed by atoms with E-state index in [0.29, 0.717) is 19.6 Å². The molecule has 1 fully saturated rings. The second kappa shape index (κ2) is 2.65. The molecule has 2 aliphatic heterocycles. The molecule has 1 saturated heterocycles. The summed E-state index contributed by atoms with van der Waals surface area (Å²) in [6, 6.07) is 7.90. The van der Waals surface area contributed by atoms with Gasteiger partial charge in [-0.2, -0.15) is 0 Å². The molecule has 14 heavy (non-hydrogen) atoms. The molecule has 1 spiro atoms. The van der Waals surface area contributed by atoms with Crippen LogP contribution in [-0.2, 0) is 21.9 Å². The Labute approximate surface area is 82.1 Å². The molecule has 1 aromatic rings. The minimum Gasteiger partial charge on any atom is -0.344 e. The third-order valence-electron chi connectivity index (χ3n) is 2.96. The molecule has 0 aliphatic carbocycles. The maximum atomic E-state index is 11.8. The Bertz CT molecular complexity index is 402. The van der Waals surface area contributed by atoms with Crippen molar-refractivity contribution in [2.45, 2.75) is 18.8 Å². The topological polar surface area (TPSA) is 38.3 Å². The summed E-state index contributed by atoms with van der Waals surface area (Å²) >= 11 is 0. The zero-order chi connectivity index (χ0) is 9.60. The number of rotatable bonds is 0. The molecule has 1 atom stereocenters. The second-order valence-corrected chi connectivity index (χ2v) is 3.73. The molecular formula is C11H11NO2. The van der Waals surface area contributed by atoms with E-state index < -0.39 is 5.72 Å². The van der Waals surface area contributed by atoms with E-state index in [1.54, 1.807) is 0 Å². The van der Waals surface area contributed by atoms with Crippen molar-refractivity contribution in [3.63, 3.8) is 0 Å². The number of Topliss-reactive ketones (excluding diaryl/α,β-unsaturated/α-hetero) is 1. The van der Waals surface area contributed by atoms with Crippen LogP contribution in [0.15, 0.2) is 24.3 Å². The molecule has 0 saturated carbocycles. The summed E-state index contributed by atoms with van der Waals surface area (Å²) in [5, 5.41) is 3.17. The van der Waals surface area contributed by atoms with Crippen LogP contribution in [0, 0.1) is 0 Å². The molecule has 0 bridgehead atoms. The van der Waals surface area contributed by atoms with E-state index in [2.05, 4.69) is 5.32 Å². The van der Waals surface area contributed by atoms with Crippen molar-refractivity contribution in [2.75, 3.05) is 6.54 Å². The Morgan fingerprint density at radius 1 is 1.36 bits per heavy atom. The van der Waals surface area contributed by atoms with Crippen molar-refractivity contribution in [3.8, 4) is 0 Å². The van der Waals surface area contributed by atoms with Gasteiger partial charge in [-0.3, -0.25) is 10.1 Å². The van der Waals surface area contributed by atoms with Gasteiger partial charge >= 0.3 is 0 Å². The molecule has 2 heterocycles. The highest BCUT2D eigenvalue weighted by Crippen LogP contribution is 2.37. The van der Waals surface area contributed by atoms with Gasteiger partial charge in [-0.1, -0.05) is 24.3 Å². The van der Waals surface area contributed by atoms with Gasteiger partial charge in [-0.15, -0.1) is 0 Å². The Hall–Kier alpha value is -1.19. The summed E-state index contributed by atoms with van der Waals surface area (Å²) in [5.74, 6) is 0.155. The Morgan fingerprint density at radius 3 is 3.00 bits per heavy atom. The average Bonchev–Trinajstić information content (AvgIpc) is 2.76. The summed E-state index contributed by atoms with van der Waals surface area (Å²) in [6.07, 6.45) is 0.564. The largest absolute Gasteiger partial charge is 0.344 e. The minimum atomic E-state index is -0.809. The third kappa shape index (κ3) is 0.859. The standard InChI is InChI=1S/C11H11NO2/c13-10-5-6-12-11(10)9-4-2-1-3-8(9)7-14-11/h1-4,12H,5-7H2. The molecular weight excluding hydrogens is 178 g/mol. The van der Waals surface area contributed by atoms with Crippen molar-refractivity contribution in [1.82, 2.24) is 5.32 Å². The summed E-state index contributed by atoms with van der Waals surface area (Å²) in [4.78, 5) is 11.8. The molecule has 72 valence electrons. The molecule has 2 aliphatic rings. The van der Waals surface area contributed by atoms with Gasteiger partial charge in [0.15, 0.2) is 5.78 Å². The van der Waals surface area contributed by atoms with Gasteiger partial charge in [0.25, 0.3) is 0 Å². The minimum absolute atomic E-state index is 0.155. The van der Waals surface area contributed by atoms with Crippen molar-refractivity contribution in [3.05, 3.63) is 35.4 Å². The fourth-order valence-corrected chi connectivity index (χ4v) is 2.26. The lowest BCUT2D eigenvalue weighted by atomic mass is 9.98. The molecule has 0 amide bonds. The zero-order valence-corrected chi connectivity index (χ0v) is 7.75. The van der Waals surface area contributed by atoms with Crippen LogP contribution in [0.4, 0.5) is 0 Å². The van der Waals surface area contributed by atoms with E-state index in [1.807, 2.05) is 24.3 Å². The van der Waals surface area contributed by atoms with Gasteiger partial charge in [0.2, 0.25) is 5.72 Å². The Balaban J connectivity index is 2.17. The maximum absolute atomic E-state index is 11.8. The smallest absolute Gasteiger partial charge is 0.205 e. The Morgan fingerprint density at radius 2 is 2.21 bits per heavy atom. The summed E-state index contributed by atoms with van der Waals surface area (Å²) in [5.41, 5.74) is 1.31. The van der Waals surface area contributed by atoms with Gasteiger partial charge in [-0.05, 0) is 5.56 Å². The van der Waals surface area contributed by atoms with Crippen LogP contribution in [0.1, 0.15) is 17.5 Å². The molecule has 3 rings (SSSR count). The van der Waals surface area contributed by atoms with Crippen molar-refractivity contribution >= 4 is 5.78 Å². The number of ketones is 1. The molecule has 3 nitrogen and oxygen atoms in total. The first-order chi connectivity index (χ1) is 6.83. The number of nitrogens with one attached hydrogen (secondary N) is 1. The van der Waals surface area contributed by atoms with Crippen molar-refractivity contribution in [1.29, 1.82) is 0 Å². The number of benzene rings is 1. The van der Waals surface area contributed by atoms with E-state index in [9.17, 15) is 4.79 Å². The van der Waals surface area contributed by atoms with Gasteiger partial charge in [0.05, 0.1) is 6.61 Å². The van der Waals surface area contributed by atoms with Crippen LogP contribution in [-0.4, -0.2) is 12.3 Å². The molecule has 3 heteroatoms. The first kappa shape index (κ1) is 8.15. The number of ether oxygens (including phenoxy) is 1. The highest BCUT2D eigenvalue weighted by Gasteiger charge is 2.49. The van der Waals surface area contributed by atoms with Gasteiger partial charge < -0.3 is 4.74 Å². The number of fused-ring (bicyclic) bond motifs is 2. The normalized spacial score (nSPS) is 29.9. The Kier molecular flexibility index (Phi) is 1.54.